The zero-order chi connectivity index (χ0) is 40.0. The van der Waals surface area contributed by atoms with E-state index in [9.17, 15) is 18.4 Å². The van der Waals surface area contributed by atoms with Gasteiger partial charge in [0, 0.05) is 38.6 Å². The predicted octanol–water partition coefficient (Wildman–Crippen LogP) is 13.1. The molecule has 9 aromatic rings. The van der Waals surface area contributed by atoms with Gasteiger partial charge in [0.25, 0.3) is 0 Å². The maximum atomic E-state index is 14.2. The van der Waals surface area contributed by atoms with Gasteiger partial charge in [-0.05, 0) is 78.7 Å². The SMILES string of the molecule is [C-]#[N+]c1cccc(-c2cc(-c3nc(-c4ccccc4)nc(-c4ccccc4)n3)cc(-c3cccc(C#N)c3)c2-n2c3ccc(C)cc3c3cc(C(F)(F)F)ccc32)c1. The van der Waals surface area contributed by atoms with Crippen LogP contribution >= 0.6 is 0 Å². The molecule has 2 heterocycles. The second-order valence-electron chi connectivity index (χ2n) is 13.9. The summed E-state index contributed by atoms with van der Waals surface area (Å²) in [6.45, 7) is 9.79. The molecule has 0 N–H and O–H groups in total. The maximum Gasteiger partial charge on any atom is 0.416 e. The number of alkyl halides is 3. The summed E-state index contributed by atoms with van der Waals surface area (Å²) >= 11 is 0. The highest BCUT2D eigenvalue weighted by Gasteiger charge is 2.32. The fraction of sp³-hybridized carbons (Fsp3) is 0.0408. The Balaban J connectivity index is 1.44. The van der Waals surface area contributed by atoms with Gasteiger partial charge < -0.3 is 4.57 Å². The second-order valence-corrected chi connectivity index (χ2v) is 13.9. The fourth-order valence-corrected chi connectivity index (χ4v) is 7.44. The molecule has 0 saturated heterocycles. The molecule has 0 bridgehead atoms. The number of halogens is 3. The highest BCUT2D eigenvalue weighted by Crippen LogP contribution is 2.45. The molecule has 58 heavy (non-hydrogen) atoms. The van der Waals surface area contributed by atoms with Crippen molar-refractivity contribution < 1.29 is 13.2 Å². The summed E-state index contributed by atoms with van der Waals surface area (Å²) in [6, 6.07) is 49.5. The molecule has 0 aliphatic carbocycles. The summed E-state index contributed by atoms with van der Waals surface area (Å²) in [6.07, 6.45) is -4.55. The van der Waals surface area contributed by atoms with Gasteiger partial charge in [0.15, 0.2) is 23.2 Å². The zero-order valence-electron chi connectivity index (χ0n) is 30.8. The van der Waals surface area contributed by atoms with E-state index < -0.39 is 11.7 Å². The summed E-state index contributed by atoms with van der Waals surface area (Å²) in [7, 11) is 0. The second kappa shape index (κ2) is 14.3. The molecule has 0 spiro atoms. The van der Waals surface area contributed by atoms with Gasteiger partial charge in [-0.3, -0.25) is 0 Å². The van der Waals surface area contributed by atoms with Crippen molar-refractivity contribution in [2.75, 3.05) is 0 Å². The maximum absolute atomic E-state index is 14.2. The van der Waals surface area contributed by atoms with Gasteiger partial charge in [-0.15, -0.1) is 0 Å². The number of hydrogen-bond acceptors (Lipinski definition) is 4. The molecule has 0 atom stereocenters. The molecule has 2 aromatic heterocycles. The minimum atomic E-state index is -4.55. The van der Waals surface area contributed by atoms with Crippen LogP contribution in [0, 0.1) is 24.8 Å². The van der Waals surface area contributed by atoms with Crippen LogP contribution in [0.3, 0.4) is 0 Å². The lowest BCUT2D eigenvalue weighted by Gasteiger charge is -2.21. The third kappa shape index (κ3) is 6.51. The third-order valence-corrected chi connectivity index (χ3v) is 10.1. The lowest BCUT2D eigenvalue weighted by molar-refractivity contribution is -0.137. The predicted molar refractivity (Wildman–Crippen MR) is 222 cm³/mol. The van der Waals surface area contributed by atoms with Gasteiger partial charge in [-0.2, -0.15) is 18.4 Å². The first-order valence-electron chi connectivity index (χ1n) is 18.3. The number of fused-ring (bicyclic) bond motifs is 3. The highest BCUT2D eigenvalue weighted by atomic mass is 19.4. The molecule has 0 unspecified atom stereocenters. The molecule has 0 aliphatic rings. The molecule has 0 amide bonds. The average molecular weight is 759 g/mol. The smallest absolute Gasteiger partial charge is 0.308 e. The van der Waals surface area contributed by atoms with E-state index >= 15 is 0 Å². The van der Waals surface area contributed by atoms with Gasteiger partial charge in [0.2, 0.25) is 0 Å². The molecular formula is C49H29F3N6. The van der Waals surface area contributed by atoms with Crippen LogP contribution in [0.4, 0.5) is 18.9 Å². The van der Waals surface area contributed by atoms with Crippen molar-refractivity contribution in [1.29, 1.82) is 5.26 Å². The highest BCUT2D eigenvalue weighted by molar-refractivity contribution is 6.11. The molecule has 0 saturated carbocycles. The third-order valence-electron chi connectivity index (χ3n) is 10.1. The van der Waals surface area contributed by atoms with Crippen LogP contribution in [0.5, 0.6) is 0 Å². The monoisotopic (exact) mass is 758 g/mol. The molecular weight excluding hydrogens is 730 g/mol. The van der Waals surface area contributed by atoms with Crippen LogP contribution in [0.15, 0.2) is 158 Å². The van der Waals surface area contributed by atoms with Gasteiger partial charge in [-0.1, -0.05) is 103 Å². The van der Waals surface area contributed by atoms with E-state index in [0.29, 0.717) is 84.0 Å². The summed E-state index contributed by atoms with van der Waals surface area (Å²) in [5.41, 5.74) is 7.80. The van der Waals surface area contributed by atoms with E-state index in [1.54, 1.807) is 30.3 Å². The van der Waals surface area contributed by atoms with Crippen molar-refractivity contribution in [2.45, 2.75) is 13.1 Å². The Hall–Kier alpha value is -7.88. The summed E-state index contributed by atoms with van der Waals surface area (Å²) in [5.74, 6) is 1.32. The van der Waals surface area contributed by atoms with Crippen molar-refractivity contribution in [3.63, 3.8) is 0 Å². The Bertz CT molecular complexity index is 3000. The van der Waals surface area contributed by atoms with E-state index in [1.165, 1.54) is 12.1 Å². The van der Waals surface area contributed by atoms with Crippen LogP contribution in [-0.4, -0.2) is 19.5 Å². The van der Waals surface area contributed by atoms with Gasteiger partial charge in [0.1, 0.15) is 0 Å². The molecule has 0 fully saturated rings. The van der Waals surface area contributed by atoms with E-state index in [1.807, 2.05) is 121 Å². The van der Waals surface area contributed by atoms with Crippen LogP contribution in [-0.2, 0) is 6.18 Å². The van der Waals surface area contributed by atoms with Crippen molar-refractivity contribution in [1.82, 2.24) is 19.5 Å². The van der Waals surface area contributed by atoms with Crippen molar-refractivity contribution in [3.05, 3.63) is 186 Å². The van der Waals surface area contributed by atoms with E-state index in [0.717, 1.165) is 22.8 Å². The standard InChI is InChI=1S/C49H29F3N6/c1-30-19-21-43-41(23-30)42-28-37(49(50,51)52)20-22-44(42)58(43)45-39(34-16-9-11-31(24-34)29-53)26-36(27-40(45)35-17-10-18-38(25-35)54-2)48-56-46(32-12-5-3-6-13-32)55-47(57-48)33-14-7-4-8-15-33/h3-28H,1H3. The molecule has 276 valence electrons. The number of rotatable bonds is 6. The van der Waals surface area contributed by atoms with Crippen LogP contribution in [0.1, 0.15) is 16.7 Å². The largest absolute Gasteiger partial charge is 0.416 e. The zero-order valence-corrected chi connectivity index (χ0v) is 30.8. The van der Waals surface area contributed by atoms with E-state index in [2.05, 4.69) is 10.9 Å². The lowest BCUT2D eigenvalue weighted by Crippen LogP contribution is -2.05. The Morgan fingerprint density at radius 1 is 0.569 bits per heavy atom. The van der Waals surface area contributed by atoms with Gasteiger partial charge >= 0.3 is 6.18 Å². The Morgan fingerprint density at radius 2 is 1.10 bits per heavy atom. The quantitative estimate of drug-likeness (QED) is 0.158. The fourth-order valence-electron chi connectivity index (χ4n) is 7.44. The minimum absolute atomic E-state index is 0.382. The number of aryl methyl sites for hydroxylation is 1. The summed E-state index contributed by atoms with van der Waals surface area (Å²) in [5, 5.41) is 11.2. The lowest BCUT2D eigenvalue weighted by atomic mass is 9.91. The van der Waals surface area contributed by atoms with E-state index in [-0.39, 0.29) is 0 Å². The first-order chi connectivity index (χ1) is 28.2. The normalized spacial score (nSPS) is 11.4. The summed E-state index contributed by atoms with van der Waals surface area (Å²) < 4.78 is 44.7. The number of nitriles is 1. The summed E-state index contributed by atoms with van der Waals surface area (Å²) in [4.78, 5) is 18.7. The van der Waals surface area contributed by atoms with Crippen molar-refractivity contribution in [3.8, 4) is 68.2 Å². The Kier molecular flexibility index (Phi) is 8.84. The molecule has 0 aliphatic heterocycles. The van der Waals surface area contributed by atoms with Crippen LogP contribution < -0.4 is 0 Å². The van der Waals surface area contributed by atoms with Crippen LogP contribution in [0.25, 0.3) is 88.8 Å². The molecule has 7 aromatic carbocycles. The number of hydrogen-bond donors (Lipinski definition) is 0. The average Bonchev–Trinajstić information content (AvgIpc) is 3.58. The van der Waals surface area contributed by atoms with Crippen LogP contribution in [0.2, 0.25) is 0 Å². The van der Waals surface area contributed by atoms with Crippen molar-refractivity contribution in [2.24, 2.45) is 0 Å². The molecule has 0 radical (unpaired) electrons. The Labute approximate surface area is 331 Å². The van der Waals surface area contributed by atoms with Crippen molar-refractivity contribution >= 4 is 27.5 Å². The molecule has 9 heteroatoms. The van der Waals surface area contributed by atoms with Gasteiger partial charge in [-0.25, -0.2) is 19.8 Å². The van der Waals surface area contributed by atoms with Gasteiger partial charge in [0.05, 0.1) is 40.5 Å². The number of benzene rings is 7. The first kappa shape index (κ1) is 35.8. The minimum Gasteiger partial charge on any atom is -0.308 e. The first-order valence-corrected chi connectivity index (χ1v) is 18.3. The number of aromatic nitrogens is 4. The number of nitrogens with zero attached hydrogens (tertiary/aromatic N) is 6. The van der Waals surface area contributed by atoms with E-state index in [4.69, 9.17) is 21.5 Å². The topological polar surface area (TPSA) is 71.8 Å². The molecule has 9 rings (SSSR count). The Morgan fingerprint density at radius 3 is 1.69 bits per heavy atom. The molecule has 6 nitrogen and oxygen atoms in total.